The van der Waals surface area contributed by atoms with Gasteiger partial charge in [-0.05, 0) is 57.6 Å². The van der Waals surface area contributed by atoms with Gasteiger partial charge in [0, 0.05) is 38.9 Å². The number of para-hydroxylation sites is 1. The van der Waals surface area contributed by atoms with E-state index in [4.69, 9.17) is 30.7 Å². The van der Waals surface area contributed by atoms with Crippen LogP contribution in [0.3, 0.4) is 0 Å². The van der Waals surface area contributed by atoms with E-state index < -0.39 is 0 Å². The molecule has 0 atom stereocenters. The van der Waals surface area contributed by atoms with Crippen LogP contribution >= 0.6 is 0 Å². The Labute approximate surface area is 342 Å². The number of hydrogen-bond donors (Lipinski definition) is 1. The summed E-state index contributed by atoms with van der Waals surface area (Å²) in [6, 6.07) is 70.0. The third-order valence-corrected chi connectivity index (χ3v) is 10.5. The van der Waals surface area contributed by atoms with Gasteiger partial charge >= 0.3 is 0 Å². The van der Waals surface area contributed by atoms with Crippen molar-refractivity contribution in [3.05, 3.63) is 206 Å². The molecule has 10 rings (SSSR count). The maximum absolute atomic E-state index is 6.09. The zero-order valence-corrected chi connectivity index (χ0v) is 31.9. The van der Waals surface area contributed by atoms with Crippen LogP contribution in [0.15, 0.2) is 206 Å². The molecule has 8 aromatic carbocycles. The molecule has 0 radical (unpaired) electrons. The zero-order valence-electron chi connectivity index (χ0n) is 31.9. The van der Waals surface area contributed by atoms with E-state index in [-0.39, 0.29) is 0 Å². The van der Waals surface area contributed by atoms with Crippen molar-refractivity contribution >= 4 is 16.6 Å². The van der Waals surface area contributed by atoms with Crippen LogP contribution in [0.5, 0.6) is 0 Å². The highest BCUT2D eigenvalue weighted by Gasteiger charge is 2.18. The molecule has 0 saturated heterocycles. The summed E-state index contributed by atoms with van der Waals surface area (Å²) in [7, 11) is 0. The smallest absolute Gasteiger partial charge is 0.164 e. The lowest BCUT2D eigenvalue weighted by molar-refractivity contribution is 1.07. The molecule has 10 aromatic rings. The van der Waals surface area contributed by atoms with E-state index in [1.165, 1.54) is 0 Å². The first-order valence-corrected chi connectivity index (χ1v) is 19.5. The Kier molecular flexibility index (Phi) is 9.25. The van der Waals surface area contributed by atoms with Gasteiger partial charge < -0.3 is 5.73 Å². The van der Waals surface area contributed by atoms with Crippen LogP contribution in [0.25, 0.3) is 101 Å². The van der Waals surface area contributed by atoms with E-state index in [1.54, 1.807) is 0 Å². The average molecular weight is 757 g/mol. The molecule has 0 spiro atoms. The van der Waals surface area contributed by atoms with Crippen molar-refractivity contribution in [2.45, 2.75) is 0 Å². The van der Waals surface area contributed by atoms with E-state index >= 15 is 0 Å². The molecule has 2 aromatic heterocycles. The minimum atomic E-state index is 0.591. The Morgan fingerprint density at radius 2 is 0.729 bits per heavy atom. The van der Waals surface area contributed by atoms with E-state index in [0.29, 0.717) is 23.3 Å². The van der Waals surface area contributed by atoms with Gasteiger partial charge in [-0.15, -0.1) is 0 Å². The summed E-state index contributed by atoms with van der Waals surface area (Å²) < 4.78 is 0. The topological polar surface area (TPSA) is 90.5 Å². The van der Waals surface area contributed by atoms with E-state index in [2.05, 4.69) is 115 Å². The van der Waals surface area contributed by atoms with Crippen molar-refractivity contribution in [3.8, 4) is 90.2 Å². The van der Waals surface area contributed by atoms with Crippen LogP contribution in [-0.4, -0.2) is 24.9 Å². The molecule has 0 saturated carbocycles. The lowest BCUT2D eigenvalue weighted by Crippen LogP contribution is -2.01. The minimum Gasteiger partial charge on any atom is -0.399 e. The number of nitrogens with two attached hydrogens (primary N) is 1. The standard InChI is InChI=1S/C53H36N6/c54-42-22-14-19-39(34-42)35-29-31-38(32-30-35)51-57-50(37-17-5-2-6-18-37)58-53(59-51)46-26-10-8-24-44(46)41-21-13-20-40(33-41)43-23-7-9-25-45(43)52-55-48-28-12-11-27-47(48)49(56-52)36-15-3-1-4-16-36/h1-34H,54H2. The van der Waals surface area contributed by atoms with Crippen molar-refractivity contribution in [1.29, 1.82) is 0 Å². The lowest BCUT2D eigenvalue weighted by atomic mass is 9.93. The van der Waals surface area contributed by atoms with E-state index in [9.17, 15) is 0 Å². The molecule has 0 aliphatic heterocycles. The summed E-state index contributed by atoms with van der Waals surface area (Å²) in [5, 5.41) is 1.02. The second kappa shape index (κ2) is 15.4. The number of rotatable bonds is 8. The molecule has 0 aliphatic carbocycles. The van der Waals surface area contributed by atoms with Gasteiger partial charge in [-0.25, -0.2) is 24.9 Å². The Bertz CT molecular complexity index is 3110. The summed E-state index contributed by atoms with van der Waals surface area (Å²) in [5.41, 5.74) is 19.6. The summed E-state index contributed by atoms with van der Waals surface area (Å²) in [6.07, 6.45) is 0. The SMILES string of the molecule is Nc1cccc(-c2ccc(-c3nc(-c4ccccc4)nc(-c4ccccc4-c4cccc(-c5ccccc5-c5nc(-c6ccccc6)c6ccccc6n5)c4)n3)cc2)c1. The Balaban J connectivity index is 1.07. The Morgan fingerprint density at radius 1 is 0.271 bits per heavy atom. The number of aromatic nitrogens is 5. The maximum Gasteiger partial charge on any atom is 0.164 e. The number of hydrogen-bond acceptors (Lipinski definition) is 6. The molecule has 0 unspecified atom stereocenters. The first-order valence-electron chi connectivity index (χ1n) is 19.5. The Hall–Kier alpha value is -8.09. The third kappa shape index (κ3) is 7.11. The van der Waals surface area contributed by atoms with Crippen LogP contribution in [0, 0.1) is 0 Å². The highest BCUT2D eigenvalue weighted by molar-refractivity contribution is 5.95. The van der Waals surface area contributed by atoms with Gasteiger partial charge in [0.25, 0.3) is 0 Å². The minimum absolute atomic E-state index is 0.591. The van der Waals surface area contributed by atoms with Crippen LogP contribution in [-0.2, 0) is 0 Å². The summed E-state index contributed by atoms with van der Waals surface area (Å²) in [5.74, 6) is 2.47. The normalized spacial score (nSPS) is 11.1. The van der Waals surface area contributed by atoms with Crippen LogP contribution in [0.1, 0.15) is 0 Å². The van der Waals surface area contributed by atoms with Gasteiger partial charge in [0.15, 0.2) is 23.3 Å². The molecule has 59 heavy (non-hydrogen) atoms. The highest BCUT2D eigenvalue weighted by Crippen LogP contribution is 2.38. The monoisotopic (exact) mass is 756 g/mol. The second-order valence-corrected chi connectivity index (χ2v) is 14.3. The number of nitrogen functional groups attached to an aromatic ring is 1. The molecule has 2 N–H and O–H groups in total. The molecular formula is C53H36N6. The maximum atomic E-state index is 6.09. The molecule has 278 valence electrons. The summed E-state index contributed by atoms with van der Waals surface area (Å²) >= 11 is 0. The molecule has 2 heterocycles. The third-order valence-electron chi connectivity index (χ3n) is 10.5. The fraction of sp³-hybridized carbons (Fsp3) is 0. The second-order valence-electron chi connectivity index (χ2n) is 14.3. The molecule has 0 amide bonds. The molecule has 6 nitrogen and oxygen atoms in total. The van der Waals surface area contributed by atoms with Gasteiger partial charge in [-0.1, -0.05) is 182 Å². The molecule has 0 aliphatic rings. The number of fused-ring (bicyclic) bond motifs is 1. The van der Waals surface area contributed by atoms with Crippen molar-refractivity contribution in [1.82, 2.24) is 24.9 Å². The molecule has 0 fully saturated rings. The summed E-state index contributed by atoms with van der Waals surface area (Å²) in [4.78, 5) is 25.6. The van der Waals surface area contributed by atoms with Crippen molar-refractivity contribution in [3.63, 3.8) is 0 Å². The van der Waals surface area contributed by atoms with Crippen LogP contribution < -0.4 is 5.73 Å². The van der Waals surface area contributed by atoms with E-state index in [1.807, 2.05) is 91.0 Å². The van der Waals surface area contributed by atoms with Gasteiger partial charge in [-0.2, -0.15) is 0 Å². The number of benzene rings is 8. The van der Waals surface area contributed by atoms with Crippen LogP contribution in [0.2, 0.25) is 0 Å². The van der Waals surface area contributed by atoms with Crippen molar-refractivity contribution in [2.24, 2.45) is 0 Å². The van der Waals surface area contributed by atoms with Gasteiger partial charge in [0.05, 0.1) is 11.2 Å². The van der Waals surface area contributed by atoms with Crippen molar-refractivity contribution < 1.29 is 0 Å². The number of anilines is 1. The van der Waals surface area contributed by atoms with E-state index in [0.717, 1.165) is 83.5 Å². The fourth-order valence-electron chi connectivity index (χ4n) is 7.60. The van der Waals surface area contributed by atoms with Crippen molar-refractivity contribution in [2.75, 3.05) is 5.73 Å². The fourth-order valence-corrected chi connectivity index (χ4v) is 7.60. The van der Waals surface area contributed by atoms with Gasteiger partial charge in [0.1, 0.15) is 0 Å². The van der Waals surface area contributed by atoms with Crippen LogP contribution in [0.4, 0.5) is 5.69 Å². The first-order chi connectivity index (χ1) is 29.1. The summed E-state index contributed by atoms with van der Waals surface area (Å²) in [6.45, 7) is 0. The van der Waals surface area contributed by atoms with Gasteiger partial charge in [-0.3, -0.25) is 0 Å². The molecule has 0 bridgehead atoms. The predicted molar refractivity (Wildman–Crippen MR) is 241 cm³/mol. The quantitative estimate of drug-likeness (QED) is 0.155. The molecular weight excluding hydrogens is 721 g/mol. The first kappa shape index (κ1) is 35.3. The molecule has 6 heteroatoms. The average Bonchev–Trinajstić information content (AvgIpc) is 3.31. The lowest BCUT2D eigenvalue weighted by Gasteiger charge is -2.15. The van der Waals surface area contributed by atoms with Gasteiger partial charge in [0.2, 0.25) is 0 Å². The highest BCUT2D eigenvalue weighted by atomic mass is 15.0. The largest absolute Gasteiger partial charge is 0.399 e. The Morgan fingerprint density at radius 3 is 1.37 bits per heavy atom. The zero-order chi connectivity index (χ0) is 39.5. The number of nitrogens with zero attached hydrogens (tertiary/aromatic N) is 5. The predicted octanol–water partition coefficient (Wildman–Crippen LogP) is 12.7.